The maximum absolute atomic E-state index is 13.1. The second kappa shape index (κ2) is 9.71. The monoisotopic (exact) mass is 381 g/mol. The standard InChI is InChI=1S/C23H31N3O2/c1-3-25(4-2)23(28)21-14-20(24-15-19-12-8-9-13-22(19)27)17-26(21)16-18-10-6-5-7-11-18/h5-13,20-21,24,27H,3-4,14-17H2,1-2H3/t20-,21+/m1/s1. The van der Waals surface area contributed by atoms with Gasteiger partial charge in [0.2, 0.25) is 5.91 Å². The van der Waals surface area contributed by atoms with Crippen LogP contribution < -0.4 is 5.32 Å². The van der Waals surface area contributed by atoms with Gasteiger partial charge in [0, 0.05) is 44.3 Å². The number of benzene rings is 2. The van der Waals surface area contributed by atoms with Crippen LogP contribution in [0.5, 0.6) is 5.75 Å². The molecule has 1 saturated heterocycles. The van der Waals surface area contributed by atoms with Gasteiger partial charge in [0.1, 0.15) is 5.75 Å². The minimum atomic E-state index is -0.109. The van der Waals surface area contributed by atoms with Gasteiger partial charge in [-0.25, -0.2) is 0 Å². The second-order valence-electron chi connectivity index (χ2n) is 7.38. The number of amides is 1. The van der Waals surface area contributed by atoms with Crippen molar-refractivity contribution in [1.29, 1.82) is 0 Å². The highest BCUT2D eigenvalue weighted by atomic mass is 16.3. The number of aromatic hydroxyl groups is 1. The summed E-state index contributed by atoms with van der Waals surface area (Å²) in [6.07, 6.45) is 0.787. The van der Waals surface area contributed by atoms with Crippen LogP contribution >= 0.6 is 0 Å². The first kappa shape index (κ1) is 20.4. The third kappa shape index (κ3) is 4.91. The molecule has 1 heterocycles. The van der Waals surface area contributed by atoms with E-state index in [1.54, 1.807) is 6.07 Å². The molecule has 2 aromatic rings. The lowest BCUT2D eigenvalue weighted by molar-refractivity contribution is -0.135. The van der Waals surface area contributed by atoms with Crippen molar-refractivity contribution < 1.29 is 9.90 Å². The fraction of sp³-hybridized carbons (Fsp3) is 0.435. The zero-order chi connectivity index (χ0) is 19.9. The van der Waals surface area contributed by atoms with E-state index < -0.39 is 0 Å². The van der Waals surface area contributed by atoms with Crippen LogP contribution in [0.3, 0.4) is 0 Å². The third-order valence-electron chi connectivity index (χ3n) is 5.56. The van der Waals surface area contributed by atoms with Crippen molar-refractivity contribution in [2.45, 2.75) is 45.4 Å². The van der Waals surface area contributed by atoms with Crippen LogP contribution in [0.1, 0.15) is 31.4 Å². The number of para-hydroxylation sites is 1. The largest absolute Gasteiger partial charge is 0.508 e. The molecule has 0 radical (unpaired) electrons. The number of nitrogens with one attached hydrogen (secondary N) is 1. The molecule has 2 atom stereocenters. The molecule has 2 N–H and O–H groups in total. The lowest BCUT2D eigenvalue weighted by atomic mass is 10.1. The zero-order valence-electron chi connectivity index (χ0n) is 16.8. The summed E-state index contributed by atoms with van der Waals surface area (Å²) < 4.78 is 0. The van der Waals surface area contributed by atoms with E-state index in [1.807, 2.05) is 55.1 Å². The Bertz CT molecular complexity index is 761. The van der Waals surface area contributed by atoms with Gasteiger partial charge in [-0.15, -0.1) is 0 Å². The first-order valence-corrected chi connectivity index (χ1v) is 10.2. The summed E-state index contributed by atoms with van der Waals surface area (Å²) in [5.41, 5.74) is 2.11. The third-order valence-corrected chi connectivity index (χ3v) is 5.56. The Labute approximate surface area is 168 Å². The molecule has 2 aromatic carbocycles. The average Bonchev–Trinajstić information content (AvgIpc) is 3.11. The predicted molar refractivity (Wildman–Crippen MR) is 112 cm³/mol. The molecule has 1 aliphatic rings. The van der Waals surface area contributed by atoms with Crippen molar-refractivity contribution >= 4 is 5.91 Å². The van der Waals surface area contributed by atoms with Crippen molar-refractivity contribution in [3.05, 3.63) is 65.7 Å². The Balaban J connectivity index is 1.70. The van der Waals surface area contributed by atoms with Gasteiger partial charge in [0.15, 0.2) is 0 Å². The summed E-state index contributed by atoms with van der Waals surface area (Å²) in [5.74, 6) is 0.526. The highest BCUT2D eigenvalue weighted by Crippen LogP contribution is 2.24. The summed E-state index contributed by atoms with van der Waals surface area (Å²) in [4.78, 5) is 17.3. The lowest BCUT2D eigenvalue weighted by Gasteiger charge is -2.28. The number of likely N-dealkylation sites (tertiary alicyclic amines) is 1. The quantitative estimate of drug-likeness (QED) is 0.738. The molecule has 5 nitrogen and oxygen atoms in total. The van der Waals surface area contributed by atoms with E-state index in [-0.39, 0.29) is 18.0 Å². The van der Waals surface area contributed by atoms with Crippen LogP contribution in [0.25, 0.3) is 0 Å². The Morgan fingerprint density at radius 1 is 1.11 bits per heavy atom. The second-order valence-corrected chi connectivity index (χ2v) is 7.38. The molecule has 3 rings (SSSR count). The highest BCUT2D eigenvalue weighted by Gasteiger charge is 2.38. The first-order chi connectivity index (χ1) is 13.6. The number of carbonyl (C=O) groups is 1. The smallest absolute Gasteiger partial charge is 0.239 e. The number of phenolic OH excluding ortho intramolecular Hbond substituents is 1. The Kier molecular flexibility index (Phi) is 7.06. The van der Waals surface area contributed by atoms with Gasteiger partial charge >= 0.3 is 0 Å². The molecule has 0 bridgehead atoms. The lowest BCUT2D eigenvalue weighted by Crippen LogP contribution is -2.45. The molecule has 5 heteroatoms. The van der Waals surface area contributed by atoms with Crippen LogP contribution in [0.4, 0.5) is 0 Å². The average molecular weight is 382 g/mol. The first-order valence-electron chi connectivity index (χ1n) is 10.2. The highest BCUT2D eigenvalue weighted by molar-refractivity contribution is 5.82. The van der Waals surface area contributed by atoms with E-state index in [2.05, 4.69) is 22.3 Å². The molecular formula is C23H31N3O2. The van der Waals surface area contributed by atoms with Crippen molar-refractivity contribution in [1.82, 2.24) is 15.1 Å². The number of likely N-dealkylation sites (N-methyl/N-ethyl adjacent to an activating group) is 1. The summed E-state index contributed by atoms with van der Waals surface area (Å²) in [6, 6.07) is 17.8. The van der Waals surface area contributed by atoms with Gasteiger partial charge in [0.05, 0.1) is 6.04 Å². The molecule has 0 unspecified atom stereocenters. The Hall–Kier alpha value is -2.37. The van der Waals surface area contributed by atoms with Crippen LogP contribution in [0.15, 0.2) is 54.6 Å². The van der Waals surface area contributed by atoms with E-state index in [1.165, 1.54) is 5.56 Å². The minimum Gasteiger partial charge on any atom is -0.508 e. The van der Waals surface area contributed by atoms with E-state index in [0.29, 0.717) is 12.3 Å². The van der Waals surface area contributed by atoms with Gasteiger partial charge in [-0.1, -0.05) is 48.5 Å². The number of hydrogen-bond acceptors (Lipinski definition) is 4. The molecule has 0 aliphatic carbocycles. The van der Waals surface area contributed by atoms with E-state index in [4.69, 9.17) is 0 Å². The number of phenols is 1. The molecule has 28 heavy (non-hydrogen) atoms. The van der Waals surface area contributed by atoms with Crippen molar-refractivity contribution in [3.8, 4) is 5.75 Å². The molecule has 1 fully saturated rings. The molecule has 0 spiro atoms. The Morgan fingerprint density at radius 2 is 1.79 bits per heavy atom. The van der Waals surface area contributed by atoms with Crippen LogP contribution in [-0.2, 0) is 17.9 Å². The van der Waals surface area contributed by atoms with Gasteiger partial charge < -0.3 is 15.3 Å². The van der Waals surface area contributed by atoms with Crippen molar-refractivity contribution in [2.75, 3.05) is 19.6 Å². The predicted octanol–water partition coefficient (Wildman–Crippen LogP) is 2.99. The number of hydrogen-bond donors (Lipinski definition) is 2. The summed E-state index contributed by atoms with van der Waals surface area (Å²) in [7, 11) is 0. The summed E-state index contributed by atoms with van der Waals surface area (Å²) in [5, 5.41) is 13.5. The topological polar surface area (TPSA) is 55.8 Å². The van der Waals surface area contributed by atoms with Gasteiger partial charge in [-0.2, -0.15) is 0 Å². The minimum absolute atomic E-state index is 0.109. The van der Waals surface area contributed by atoms with Crippen LogP contribution in [-0.4, -0.2) is 52.5 Å². The molecule has 1 aliphatic heterocycles. The van der Waals surface area contributed by atoms with Crippen LogP contribution in [0.2, 0.25) is 0 Å². The normalized spacial score (nSPS) is 19.6. The fourth-order valence-corrected chi connectivity index (χ4v) is 3.96. The fourth-order valence-electron chi connectivity index (χ4n) is 3.96. The van der Waals surface area contributed by atoms with Crippen LogP contribution in [0, 0.1) is 0 Å². The summed E-state index contributed by atoms with van der Waals surface area (Å²) in [6.45, 7) is 7.73. The molecular weight excluding hydrogens is 350 g/mol. The van der Waals surface area contributed by atoms with E-state index >= 15 is 0 Å². The SMILES string of the molecule is CCN(CC)C(=O)[C@@H]1C[C@@H](NCc2ccccc2O)CN1Cc1ccccc1. The summed E-state index contributed by atoms with van der Waals surface area (Å²) >= 11 is 0. The van der Waals surface area contributed by atoms with Crippen molar-refractivity contribution in [3.63, 3.8) is 0 Å². The molecule has 150 valence electrons. The molecule has 1 amide bonds. The zero-order valence-corrected chi connectivity index (χ0v) is 16.8. The van der Waals surface area contributed by atoms with Gasteiger partial charge in [0.25, 0.3) is 0 Å². The molecule has 0 saturated carbocycles. The number of rotatable bonds is 8. The maximum atomic E-state index is 13.1. The Morgan fingerprint density at radius 3 is 2.46 bits per heavy atom. The molecule has 0 aromatic heterocycles. The maximum Gasteiger partial charge on any atom is 0.239 e. The van der Waals surface area contributed by atoms with Gasteiger partial charge in [-0.05, 0) is 31.9 Å². The van der Waals surface area contributed by atoms with E-state index in [9.17, 15) is 9.90 Å². The van der Waals surface area contributed by atoms with Gasteiger partial charge in [-0.3, -0.25) is 9.69 Å². The number of nitrogens with zero attached hydrogens (tertiary/aromatic N) is 2. The van der Waals surface area contributed by atoms with E-state index in [0.717, 1.165) is 38.2 Å². The van der Waals surface area contributed by atoms with Crippen molar-refractivity contribution in [2.24, 2.45) is 0 Å². The number of carbonyl (C=O) groups excluding carboxylic acids is 1.